The summed E-state index contributed by atoms with van der Waals surface area (Å²) in [6, 6.07) is 3.67. The summed E-state index contributed by atoms with van der Waals surface area (Å²) in [4.78, 5) is 4.38. The van der Waals surface area contributed by atoms with E-state index in [9.17, 15) is 13.2 Å². The Labute approximate surface area is 119 Å². The second kappa shape index (κ2) is 4.95. The maximum absolute atomic E-state index is 12.8. The topological polar surface area (TPSA) is 29.9 Å². The Morgan fingerprint density at radius 1 is 1.29 bits per heavy atom. The second-order valence-electron chi connectivity index (χ2n) is 4.94. The van der Waals surface area contributed by atoms with Crippen molar-refractivity contribution < 1.29 is 13.2 Å². The summed E-state index contributed by atoms with van der Waals surface area (Å²) in [7, 11) is 1.82. The number of imidazole rings is 1. The molecule has 1 N–H and O–H groups in total. The normalized spacial score (nSPS) is 15.7. The van der Waals surface area contributed by atoms with Crippen molar-refractivity contribution in [3.05, 3.63) is 47.9 Å². The van der Waals surface area contributed by atoms with Crippen molar-refractivity contribution >= 4 is 16.6 Å². The van der Waals surface area contributed by atoms with Crippen molar-refractivity contribution in [1.29, 1.82) is 0 Å². The van der Waals surface area contributed by atoms with Crippen molar-refractivity contribution in [1.82, 2.24) is 14.9 Å². The van der Waals surface area contributed by atoms with E-state index in [1.807, 2.05) is 30.0 Å². The van der Waals surface area contributed by atoms with E-state index in [-0.39, 0.29) is 0 Å². The SMILES string of the molecule is Cn1c(C2=CCNC=CC2)nc2cc(C(F)(F)F)ccc21. The lowest BCUT2D eigenvalue weighted by Gasteiger charge is -2.06. The van der Waals surface area contributed by atoms with E-state index in [4.69, 9.17) is 0 Å². The molecule has 2 heterocycles. The van der Waals surface area contributed by atoms with Crippen molar-refractivity contribution in [3.63, 3.8) is 0 Å². The average Bonchev–Trinajstić information content (AvgIpc) is 2.64. The van der Waals surface area contributed by atoms with Gasteiger partial charge in [-0.2, -0.15) is 13.2 Å². The molecule has 21 heavy (non-hydrogen) atoms. The number of fused-ring (bicyclic) bond motifs is 1. The molecule has 3 nitrogen and oxygen atoms in total. The fourth-order valence-electron chi connectivity index (χ4n) is 2.45. The third kappa shape index (κ3) is 2.53. The van der Waals surface area contributed by atoms with Crippen LogP contribution in [0.15, 0.2) is 36.6 Å². The smallest absolute Gasteiger partial charge is 0.388 e. The van der Waals surface area contributed by atoms with Crippen LogP contribution in [0, 0.1) is 0 Å². The number of allylic oxidation sites excluding steroid dienone is 2. The summed E-state index contributed by atoms with van der Waals surface area (Å²) < 4.78 is 40.1. The molecule has 1 aliphatic heterocycles. The van der Waals surface area contributed by atoms with E-state index in [0.29, 0.717) is 29.8 Å². The van der Waals surface area contributed by atoms with E-state index in [1.165, 1.54) is 6.07 Å². The fourth-order valence-corrected chi connectivity index (χ4v) is 2.45. The lowest BCUT2D eigenvalue weighted by molar-refractivity contribution is -0.137. The van der Waals surface area contributed by atoms with Gasteiger partial charge in [-0.25, -0.2) is 4.98 Å². The number of hydrogen-bond acceptors (Lipinski definition) is 2. The highest BCUT2D eigenvalue weighted by Gasteiger charge is 2.31. The standard InChI is InChI=1S/C15H14F3N3/c1-21-13-5-4-11(15(16,17)18)9-12(13)20-14(21)10-3-2-7-19-8-6-10/h2,4-7,9,19H,3,8H2,1H3. The Balaban J connectivity index is 2.11. The number of benzene rings is 1. The summed E-state index contributed by atoms with van der Waals surface area (Å²) in [5.41, 5.74) is 1.39. The molecule has 0 bridgehead atoms. The number of aromatic nitrogens is 2. The van der Waals surface area contributed by atoms with Crippen LogP contribution < -0.4 is 5.32 Å². The molecule has 0 aliphatic carbocycles. The lowest BCUT2D eigenvalue weighted by Crippen LogP contribution is -2.04. The van der Waals surface area contributed by atoms with Gasteiger partial charge in [0, 0.05) is 13.6 Å². The number of alkyl halides is 3. The number of nitrogens with one attached hydrogen (secondary N) is 1. The van der Waals surface area contributed by atoms with E-state index in [0.717, 1.165) is 17.7 Å². The lowest BCUT2D eigenvalue weighted by atomic mass is 10.1. The van der Waals surface area contributed by atoms with Gasteiger partial charge in [-0.15, -0.1) is 0 Å². The molecule has 1 aromatic heterocycles. The van der Waals surface area contributed by atoms with Crippen LogP contribution in [0.4, 0.5) is 13.2 Å². The van der Waals surface area contributed by atoms with Gasteiger partial charge >= 0.3 is 6.18 Å². The zero-order chi connectivity index (χ0) is 15.0. The molecular weight excluding hydrogens is 279 g/mol. The van der Waals surface area contributed by atoms with E-state index in [1.54, 1.807) is 0 Å². The predicted molar refractivity (Wildman–Crippen MR) is 75.5 cm³/mol. The first-order valence-corrected chi connectivity index (χ1v) is 6.58. The predicted octanol–water partition coefficient (Wildman–Crippen LogP) is 3.48. The molecule has 0 saturated carbocycles. The Bertz CT molecular complexity index is 738. The van der Waals surface area contributed by atoms with E-state index in [2.05, 4.69) is 10.3 Å². The largest absolute Gasteiger partial charge is 0.416 e. The molecule has 1 aliphatic rings. The van der Waals surface area contributed by atoms with Crippen LogP contribution in [0.3, 0.4) is 0 Å². The number of halogens is 3. The molecule has 0 fully saturated rings. The molecule has 6 heteroatoms. The average molecular weight is 293 g/mol. The fraction of sp³-hybridized carbons (Fsp3) is 0.267. The molecular formula is C15H14F3N3. The Kier molecular flexibility index (Phi) is 3.23. The van der Waals surface area contributed by atoms with Crippen LogP contribution in [-0.2, 0) is 13.2 Å². The number of hydrogen-bond donors (Lipinski definition) is 1. The number of aryl methyl sites for hydroxylation is 1. The van der Waals surface area contributed by atoms with Crippen LogP contribution >= 0.6 is 0 Å². The number of nitrogens with zero attached hydrogens (tertiary/aromatic N) is 2. The highest BCUT2D eigenvalue weighted by Crippen LogP contribution is 2.32. The maximum atomic E-state index is 12.8. The van der Waals surface area contributed by atoms with Gasteiger partial charge in [-0.3, -0.25) is 0 Å². The Hall–Kier alpha value is -2.24. The Morgan fingerprint density at radius 3 is 2.86 bits per heavy atom. The van der Waals surface area contributed by atoms with Crippen molar-refractivity contribution in [2.24, 2.45) is 7.05 Å². The van der Waals surface area contributed by atoms with Crippen molar-refractivity contribution in [2.45, 2.75) is 12.6 Å². The highest BCUT2D eigenvalue weighted by molar-refractivity contribution is 5.81. The summed E-state index contributed by atoms with van der Waals surface area (Å²) in [5, 5.41) is 3.09. The zero-order valence-electron chi connectivity index (χ0n) is 11.4. The van der Waals surface area contributed by atoms with Gasteiger partial charge in [-0.1, -0.05) is 12.2 Å². The summed E-state index contributed by atoms with van der Waals surface area (Å²) in [6.07, 6.45) is 2.20. The molecule has 2 aromatic rings. The van der Waals surface area contributed by atoms with Crippen LogP contribution in [0.25, 0.3) is 16.6 Å². The molecule has 0 spiro atoms. The van der Waals surface area contributed by atoms with Crippen LogP contribution in [0.1, 0.15) is 17.8 Å². The van der Waals surface area contributed by atoms with E-state index >= 15 is 0 Å². The summed E-state index contributed by atoms with van der Waals surface area (Å²) >= 11 is 0. The van der Waals surface area contributed by atoms with Gasteiger partial charge in [0.25, 0.3) is 0 Å². The van der Waals surface area contributed by atoms with E-state index < -0.39 is 11.7 Å². The van der Waals surface area contributed by atoms with Gasteiger partial charge in [0.05, 0.1) is 16.6 Å². The monoisotopic (exact) mass is 293 g/mol. The maximum Gasteiger partial charge on any atom is 0.416 e. The summed E-state index contributed by atoms with van der Waals surface area (Å²) in [5.74, 6) is 0.706. The minimum atomic E-state index is -4.35. The number of rotatable bonds is 1. The molecule has 1 aromatic carbocycles. The minimum absolute atomic E-state index is 0.365. The first-order valence-electron chi connectivity index (χ1n) is 6.58. The van der Waals surface area contributed by atoms with Gasteiger partial charge < -0.3 is 9.88 Å². The molecule has 0 atom stereocenters. The summed E-state index contributed by atoms with van der Waals surface area (Å²) in [6.45, 7) is 0.683. The zero-order valence-corrected chi connectivity index (χ0v) is 11.4. The second-order valence-corrected chi connectivity index (χ2v) is 4.94. The van der Waals surface area contributed by atoms with Crippen LogP contribution in [0.2, 0.25) is 0 Å². The Morgan fingerprint density at radius 2 is 2.10 bits per heavy atom. The third-order valence-electron chi connectivity index (χ3n) is 3.54. The highest BCUT2D eigenvalue weighted by atomic mass is 19.4. The molecule has 0 unspecified atom stereocenters. The quantitative estimate of drug-likeness (QED) is 0.872. The van der Waals surface area contributed by atoms with Gasteiger partial charge in [0.1, 0.15) is 5.82 Å². The molecule has 0 amide bonds. The van der Waals surface area contributed by atoms with Crippen LogP contribution in [0.5, 0.6) is 0 Å². The molecule has 0 radical (unpaired) electrons. The van der Waals surface area contributed by atoms with Gasteiger partial charge in [-0.05, 0) is 36.4 Å². The first kappa shape index (κ1) is 13.7. The van der Waals surface area contributed by atoms with Gasteiger partial charge in [0.2, 0.25) is 0 Å². The molecule has 110 valence electrons. The first-order chi connectivity index (χ1) is 9.97. The molecule has 3 rings (SSSR count). The third-order valence-corrected chi connectivity index (χ3v) is 3.54. The van der Waals surface area contributed by atoms with Crippen molar-refractivity contribution in [3.8, 4) is 0 Å². The molecule has 0 saturated heterocycles. The van der Waals surface area contributed by atoms with Crippen LogP contribution in [-0.4, -0.2) is 16.1 Å². The van der Waals surface area contributed by atoms with Crippen molar-refractivity contribution in [2.75, 3.05) is 6.54 Å². The van der Waals surface area contributed by atoms with Gasteiger partial charge in [0.15, 0.2) is 0 Å². The minimum Gasteiger partial charge on any atom is -0.388 e.